The Bertz CT molecular complexity index is 921. The van der Waals surface area contributed by atoms with Crippen molar-refractivity contribution in [3.63, 3.8) is 0 Å². The zero-order valence-corrected chi connectivity index (χ0v) is 14.4. The highest BCUT2D eigenvalue weighted by atomic mass is 14.7. The molecule has 25 heavy (non-hydrogen) atoms. The molecule has 0 aliphatic heterocycles. The fraction of sp³-hybridized carbons (Fsp3) is 0.125. The van der Waals surface area contributed by atoms with E-state index in [-0.39, 0.29) is 0 Å². The van der Waals surface area contributed by atoms with Gasteiger partial charge in [0.1, 0.15) is 0 Å². The second-order valence-corrected chi connectivity index (χ2v) is 6.51. The lowest BCUT2D eigenvalue weighted by Gasteiger charge is -2.22. The smallest absolute Gasteiger partial charge is 0.0711 e. The molecule has 122 valence electrons. The van der Waals surface area contributed by atoms with Crippen LogP contribution in [0.5, 0.6) is 0 Å². The maximum absolute atomic E-state index is 4.68. The van der Waals surface area contributed by atoms with Crippen LogP contribution in [0, 0.1) is 6.92 Å². The number of pyridine rings is 1. The molecule has 0 fully saturated rings. The van der Waals surface area contributed by atoms with Crippen molar-refractivity contribution in [2.75, 3.05) is 0 Å². The largest absolute Gasteiger partial charge is 0.256 e. The van der Waals surface area contributed by atoms with E-state index in [1.54, 1.807) is 0 Å². The van der Waals surface area contributed by atoms with Crippen molar-refractivity contribution >= 4 is 0 Å². The monoisotopic (exact) mass is 323 g/mol. The van der Waals surface area contributed by atoms with E-state index in [4.69, 9.17) is 0 Å². The van der Waals surface area contributed by atoms with Gasteiger partial charge in [0.15, 0.2) is 0 Å². The van der Waals surface area contributed by atoms with Crippen LogP contribution in [0.25, 0.3) is 22.4 Å². The first-order valence-electron chi connectivity index (χ1n) is 8.77. The topological polar surface area (TPSA) is 12.9 Å². The Balaban J connectivity index is 1.99. The third-order valence-corrected chi connectivity index (χ3v) is 4.70. The number of benzene rings is 2. The van der Waals surface area contributed by atoms with Crippen molar-refractivity contribution in [2.45, 2.75) is 19.3 Å². The molecule has 0 saturated carbocycles. The van der Waals surface area contributed by atoms with Crippen LogP contribution in [0.4, 0.5) is 0 Å². The highest BCUT2D eigenvalue weighted by molar-refractivity contribution is 5.85. The molecule has 1 heterocycles. The molecule has 1 aromatic heterocycles. The normalized spacial score (nSPS) is 16.1. The molecular formula is C24H21N. The first kappa shape index (κ1) is 15.6. The number of aryl methyl sites for hydroxylation is 1. The lowest BCUT2D eigenvalue weighted by atomic mass is 9.83. The predicted molar refractivity (Wildman–Crippen MR) is 105 cm³/mol. The first-order chi connectivity index (χ1) is 12.3. The van der Waals surface area contributed by atoms with Crippen molar-refractivity contribution in [1.82, 2.24) is 4.98 Å². The average molecular weight is 323 g/mol. The van der Waals surface area contributed by atoms with Crippen molar-refractivity contribution in [3.05, 3.63) is 102 Å². The lowest BCUT2D eigenvalue weighted by Crippen LogP contribution is -2.03. The fourth-order valence-electron chi connectivity index (χ4n) is 3.56. The van der Waals surface area contributed by atoms with Crippen LogP contribution in [0.1, 0.15) is 23.5 Å². The summed E-state index contributed by atoms with van der Waals surface area (Å²) >= 11 is 0. The Labute approximate surface area is 149 Å². The predicted octanol–water partition coefficient (Wildman–Crippen LogP) is 6.32. The van der Waals surface area contributed by atoms with E-state index in [1.807, 2.05) is 12.3 Å². The van der Waals surface area contributed by atoms with Crippen LogP contribution in [-0.4, -0.2) is 4.98 Å². The average Bonchev–Trinajstić information content (AvgIpc) is 2.69. The van der Waals surface area contributed by atoms with Gasteiger partial charge in [-0.3, -0.25) is 4.98 Å². The Morgan fingerprint density at radius 1 is 0.920 bits per heavy atom. The van der Waals surface area contributed by atoms with Crippen LogP contribution >= 0.6 is 0 Å². The van der Waals surface area contributed by atoms with Gasteiger partial charge < -0.3 is 0 Å². The summed E-state index contributed by atoms with van der Waals surface area (Å²) in [5.41, 5.74) is 7.44. The molecule has 2 aromatic carbocycles. The Kier molecular flexibility index (Phi) is 4.30. The molecule has 0 saturated heterocycles. The summed E-state index contributed by atoms with van der Waals surface area (Å²) < 4.78 is 0. The summed E-state index contributed by atoms with van der Waals surface area (Å²) in [6, 6.07) is 21.4. The molecule has 0 radical (unpaired) electrons. The van der Waals surface area contributed by atoms with E-state index < -0.39 is 0 Å². The van der Waals surface area contributed by atoms with Gasteiger partial charge in [-0.15, -0.1) is 0 Å². The molecule has 0 amide bonds. The van der Waals surface area contributed by atoms with Crippen molar-refractivity contribution < 1.29 is 0 Å². The van der Waals surface area contributed by atoms with E-state index in [0.29, 0.717) is 5.92 Å². The number of aromatic nitrogens is 1. The highest BCUT2D eigenvalue weighted by Crippen LogP contribution is 2.40. The van der Waals surface area contributed by atoms with Crippen LogP contribution in [0.3, 0.4) is 0 Å². The summed E-state index contributed by atoms with van der Waals surface area (Å²) in [6.45, 7) is 2.18. The highest BCUT2D eigenvalue weighted by Gasteiger charge is 2.19. The fourth-order valence-corrected chi connectivity index (χ4v) is 3.56. The molecule has 1 heteroatoms. The van der Waals surface area contributed by atoms with Gasteiger partial charge in [0.25, 0.3) is 0 Å². The SMILES string of the molecule is Cc1cc(-c2ccccc2)c(-c2ccccn2)c(C2C=CC=CC2)c1. The number of rotatable bonds is 3. The molecule has 3 aromatic rings. The standard InChI is InChI=1S/C24H21N/c1-18-16-21(19-10-4-2-5-11-19)24(23-14-8-9-15-25-23)22(17-18)20-12-6-3-7-13-20/h2-12,14-17,20H,13H2,1H3. The summed E-state index contributed by atoms with van der Waals surface area (Å²) in [4.78, 5) is 4.68. The van der Waals surface area contributed by atoms with Gasteiger partial charge in [-0.2, -0.15) is 0 Å². The van der Waals surface area contributed by atoms with E-state index in [2.05, 4.69) is 90.8 Å². The van der Waals surface area contributed by atoms with E-state index in [1.165, 1.54) is 27.8 Å². The second-order valence-electron chi connectivity index (χ2n) is 6.51. The molecule has 1 aliphatic rings. The summed E-state index contributed by atoms with van der Waals surface area (Å²) in [7, 11) is 0. The van der Waals surface area contributed by atoms with Gasteiger partial charge in [0, 0.05) is 17.7 Å². The van der Waals surface area contributed by atoms with Crippen molar-refractivity contribution in [3.8, 4) is 22.4 Å². The lowest BCUT2D eigenvalue weighted by molar-refractivity contribution is 0.854. The number of nitrogens with zero attached hydrogens (tertiary/aromatic N) is 1. The minimum atomic E-state index is 0.393. The molecule has 4 rings (SSSR count). The minimum Gasteiger partial charge on any atom is -0.256 e. The summed E-state index contributed by atoms with van der Waals surface area (Å²) in [5.74, 6) is 0.393. The van der Waals surface area contributed by atoms with Gasteiger partial charge in [-0.05, 0) is 42.2 Å². The number of hydrogen-bond donors (Lipinski definition) is 0. The Hall–Kier alpha value is -2.93. The molecule has 1 unspecified atom stereocenters. The van der Waals surface area contributed by atoms with E-state index >= 15 is 0 Å². The maximum atomic E-state index is 4.68. The Morgan fingerprint density at radius 2 is 1.76 bits per heavy atom. The van der Waals surface area contributed by atoms with E-state index in [9.17, 15) is 0 Å². The van der Waals surface area contributed by atoms with Gasteiger partial charge in [0.2, 0.25) is 0 Å². The van der Waals surface area contributed by atoms with Gasteiger partial charge in [0.05, 0.1) is 5.69 Å². The Morgan fingerprint density at radius 3 is 2.48 bits per heavy atom. The molecular weight excluding hydrogens is 302 g/mol. The van der Waals surface area contributed by atoms with Crippen LogP contribution in [-0.2, 0) is 0 Å². The van der Waals surface area contributed by atoms with Gasteiger partial charge >= 0.3 is 0 Å². The third kappa shape index (κ3) is 3.18. The molecule has 1 atom stereocenters. The van der Waals surface area contributed by atoms with Gasteiger partial charge in [-0.1, -0.05) is 78.4 Å². The first-order valence-corrected chi connectivity index (χ1v) is 8.77. The third-order valence-electron chi connectivity index (χ3n) is 4.70. The summed E-state index contributed by atoms with van der Waals surface area (Å²) in [6.07, 6.45) is 11.7. The number of hydrogen-bond acceptors (Lipinski definition) is 1. The zero-order chi connectivity index (χ0) is 17.1. The molecule has 0 bridgehead atoms. The maximum Gasteiger partial charge on any atom is 0.0711 e. The second kappa shape index (κ2) is 6.90. The number of allylic oxidation sites excluding steroid dienone is 4. The molecule has 0 N–H and O–H groups in total. The molecule has 0 spiro atoms. The van der Waals surface area contributed by atoms with Crippen LogP contribution in [0.15, 0.2) is 91.2 Å². The summed E-state index contributed by atoms with van der Waals surface area (Å²) in [5, 5.41) is 0. The zero-order valence-electron chi connectivity index (χ0n) is 14.4. The molecule has 1 nitrogen and oxygen atoms in total. The van der Waals surface area contributed by atoms with Crippen LogP contribution in [0.2, 0.25) is 0 Å². The quantitative estimate of drug-likeness (QED) is 0.549. The molecule has 1 aliphatic carbocycles. The van der Waals surface area contributed by atoms with Crippen molar-refractivity contribution in [1.29, 1.82) is 0 Å². The van der Waals surface area contributed by atoms with Crippen LogP contribution < -0.4 is 0 Å². The van der Waals surface area contributed by atoms with Gasteiger partial charge in [-0.25, -0.2) is 0 Å². The minimum absolute atomic E-state index is 0.393. The van der Waals surface area contributed by atoms with E-state index in [0.717, 1.165) is 12.1 Å². The van der Waals surface area contributed by atoms with Crippen molar-refractivity contribution in [2.24, 2.45) is 0 Å².